The fourth-order valence-electron chi connectivity index (χ4n) is 13.1. The van der Waals surface area contributed by atoms with Gasteiger partial charge in [-0.25, -0.2) is 9.13 Å². The number of esters is 4. The third-order valence-electron chi connectivity index (χ3n) is 19.8. The number of ether oxygens (including phenoxy) is 4. The Hall–Kier alpha value is -1.94. The molecule has 0 fully saturated rings. The van der Waals surface area contributed by atoms with Crippen molar-refractivity contribution in [2.75, 3.05) is 39.6 Å². The largest absolute Gasteiger partial charge is 0.472 e. The lowest BCUT2D eigenvalue weighted by molar-refractivity contribution is -0.161. The fourth-order valence-corrected chi connectivity index (χ4v) is 14.7. The summed E-state index contributed by atoms with van der Waals surface area (Å²) in [6, 6.07) is 0. The van der Waals surface area contributed by atoms with Crippen LogP contribution in [0.5, 0.6) is 0 Å². The van der Waals surface area contributed by atoms with E-state index in [2.05, 4.69) is 34.6 Å². The highest BCUT2D eigenvalue weighted by Crippen LogP contribution is 2.45. The summed E-state index contributed by atoms with van der Waals surface area (Å²) in [7, 11) is -9.92. The zero-order chi connectivity index (χ0) is 75.5. The van der Waals surface area contributed by atoms with Crippen molar-refractivity contribution in [3.05, 3.63) is 0 Å². The van der Waals surface area contributed by atoms with Crippen molar-refractivity contribution in [2.24, 2.45) is 5.92 Å². The molecule has 612 valence electrons. The van der Waals surface area contributed by atoms with Gasteiger partial charge >= 0.3 is 39.5 Å². The van der Waals surface area contributed by atoms with Gasteiger partial charge in [0.25, 0.3) is 0 Å². The average molecular weight is 1510 g/mol. The summed E-state index contributed by atoms with van der Waals surface area (Å²) >= 11 is 0. The lowest BCUT2D eigenvalue weighted by Gasteiger charge is -2.21. The zero-order valence-electron chi connectivity index (χ0n) is 67.5. The molecule has 0 amide bonds. The molecule has 0 aliphatic rings. The molecule has 0 saturated carbocycles. The van der Waals surface area contributed by atoms with Gasteiger partial charge in [-0.2, -0.15) is 0 Å². The minimum absolute atomic E-state index is 0.108. The molecule has 0 saturated heterocycles. The van der Waals surface area contributed by atoms with Crippen LogP contribution >= 0.6 is 15.6 Å². The van der Waals surface area contributed by atoms with Crippen molar-refractivity contribution in [1.82, 2.24) is 0 Å². The molecule has 17 nitrogen and oxygen atoms in total. The topological polar surface area (TPSA) is 237 Å². The summed E-state index contributed by atoms with van der Waals surface area (Å²) in [6.07, 6.45) is 69.5. The smallest absolute Gasteiger partial charge is 0.462 e. The third kappa shape index (κ3) is 78.0. The number of phosphoric ester groups is 2. The van der Waals surface area contributed by atoms with E-state index in [0.717, 1.165) is 95.8 Å². The van der Waals surface area contributed by atoms with E-state index in [1.165, 1.54) is 276 Å². The maximum Gasteiger partial charge on any atom is 0.472 e. The van der Waals surface area contributed by atoms with Gasteiger partial charge in [-0.05, 0) is 31.6 Å². The highest BCUT2D eigenvalue weighted by molar-refractivity contribution is 7.47. The second-order valence-corrected chi connectivity index (χ2v) is 33.6. The summed E-state index contributed by atoms with van der Waals surface area (Å²) in [6.45, 7) is 7.36. The molecule has 5 atom stereocenters. The van der Waals surface area contributed by atoms with Crippen molar-refractivity contribution in [3.63, 3.8) is 0 Å². The molecule has 0 aromatic carbocycles. The van der Waals surface area contributed by atoms with Gasteiger partial charge in [-0.15, -0.1) is 0 Å². The van der Waals surface area contributed by atoms with E-state index in [1.54, 1.807) is 0 Å². The molecule has 0 spiro atoms. The fraction of sp³-hybridized carbons (Fsp3) is 0.952. The van der Waals surface area contributed by atoms with Crippen molar-refractivity contribution in [1.29, 1.82) is 0 Å². The molecule has 0 radical (unpaired) electrons. The minimum Gasteiger partial charge on any atom is -0.462 e. The van der Waals surface area contributed by atoms with Gasteiger partial charge in [-0.3, -0.25) is 37.3 Å². The Kier molecular flexibility index (Phi) is 75.4. The highest BCUT2D eigenvalue weighted by Gasteiger charge is 2.30. The Morgan fingerprint density at radius 1 is 0.262 bits per heavy atom. The molecule has 2 unspecified atom stereocenters. The van der Waals surface area contributed by atoms with Crippen LogP contribution in [0.1, 0.15) is 452 Å². The molecule has 0 aliphatic heterocycles. The number of hydrogen-bond donors (Lipinski definition) is 3. The number of unbranched alkanes of at least 4 members (excludes halogenated alkanes) is 56. The van der Waals surface area contributed by atoms with Crippen LogP contribution in [-0.4, -0.2) is 96.7 Å². The van der Waals surface area contributed by atoms with Crippen molar-refractivity contribution < 1.29 is 80.2 Å². The van der Waals surface area contributed by atoms with Crippen LogP contribution in [0, 0.1) is 5.92 Å². The third-order valence-corrected chi connectivity index (χ3v) is 21.7. The van der Waals surface area contributed by atoms with Crippen LogP contribution in [0.15, 0.2) is 0 Å². The lowest BCUT2D eigenvalue weighted by atomic mass is 10.0. The standard InChI is InChI=1S/C84H164O17P2/c1-6-9-12-15-18-21-23-25-27-28-29-30-31-32-33-36-41-45-50-55-60-65-70-84(89)101-80(74-95-82(87)68-63-58-53-48-43-40-37-34-35-38-42-47-51-56-61-66-77(4)5)76-99-103(92,93)97-72-78(85)71-96-102(90,91)98-75-79(73-94-81(86)67-62-57-52-46-20-17-14-11-8-3)100-83(88)69-64-59-54-49-44-39-26-24-22-19-16-13-10-7-2/h77-80,85H,6-76H2,1-5H3,(H,90,91)(H,92,93)/t78-,79+,80+/m0/s1. The predicted octanol–water partition coefficient (Wildman–Crippen LogP) is 25.6. The van der Waals surface area contributed by atoms with Crippen molar-refractivity contribution in [2.45, 2.75) is 470 Å². The van der Waals surface area contributed by atoms with Crippen LogP contribution in [0.25, 0.3) is 0 Å². The first-order chi connectivity index (χ1) is 50.0. The quantitative estimate of drug-likeness (QED) is 0.0222. The minimum atomic E-state index is -4.96. The molecular formula is C84H164O17P2. The number of carbonyl (C=O) groups excluding carboxylic acids is 4. The Morgan fingerprint density at radius 3 is 0.660 bits per heavy atom. The summed E-state index contributed by atoms with van der Waals surface area (Å²) in [5.74, 6) is -1.30. The Balaban J connectivity index is 5.19. The first-order valence-electron chi connectivity index (χ1n) is 43.6. The maximum atomic E-state index is 13.1. The van der Waals surface area contributed by atoms with Crippen molar-refractivity contribution in [3.8, 4) is 0 Å². The molecular weight excluding hydrogens is 1340 g/mol. The van der Waals surface area contributed by atoms with Gasteiger partial charge in [0.05, 0.1) is 26.4 Å². The first kappa shape index (κ1) is 101. The van der Waals surface area contributed by atoms with Crippen LogP contribution in [-0.2, 0) is 65.4 Å². The molecule has 0 aromatic rings. The summed E-state index contributed by atoms with van der Waals surface area (Å²) in [4.78, 5) is 73.1. The van der Waals surface area contributed by atoms with Crippen LogP contribution < -0.4 is 0 Å². The molecule has 0 aromatic heterocycles. The molecule has 0 heterocycles. The van der Waals surface area contributed by atoms with Gasteiger partial charge in [-0.1, -0.05) is 401 Å². The molecule has 0 rings (SSSR count). The SMILES string of the molecule is CCCCCCCCCCCCCCCCCCCCCCCCC(=O)O[C@H](COC(=O)CCCCCCCCCCCCCCCCCC(C)C)COP(=O)(O)OC[C@@H](O)COP(=O)(O)OC[C@@H](COC(=O)CCCCCCCCCCC)OC(=O)CCCCCCCCCCCCCCCC. The summed E-state index contributed by atoms with van der Waals surface area (Å²) < 4.78 is 68.8. The molecule has 19 heteroatoms. The zero-order valence-corrected chi connectivity index (χ0v) is 69.3. The molecule has 0 aliphatic carbocycles. The average Bonchev–Trinajstić information content (AvgIpc) is 0.927. The molecule has 0 bridgehead atoms. The second-order valence-electron chi connectivity index (χ2n) is 30.7. The normalized spacial score (nSPS) is 13.8. The number of hydrogen-bond acceptors (Lipinski definition) is 15. The van der Waals surface area contributed by atoms with Crippen molar-refractivity contribution >= 4 is 39.5 Å². The predicted molar refractivity (Wildman–Crippen MR) is 423 cm³/mol. The highest BCUT2D eigenvalue weighted by atomic mass is 31.2. The van der Waals surface area contributed by atoms with E-state index in [0.29, 0.717) is 25.7 Å². The van der Waals surface area contributed by atoms with Gasteiger partial charge < -0.3 is 33.8 Å². The van der Waals surface area contributed by atoms with Gasteiger partial charge in [0.2, 0.25) is 0 Å². The monoisotopic (exact) mass is 1510 g/mol. The maximum absolute atomic E-state index is 13.1. The van der Waals surface area contributed by atoms with Gasteiger partial charge in [0.15, 0.2) is 12.2 Å². The van der Waals surface area contributed by atoms with Gasteiger partial charge in [0.1, 0.15) is 19.3 Å². The number of aliphatic hydroxyl groups excluding tert-OH is 1. The van der Waals surface area contributed by atoms with Crippen LogP contribution in [0.3, 0.4) is 0 Å². The molecule has 103 heavy (non-hydrogen) atoms. The first-order valence-corrected chi connectivity index (χ1v) is 46.6. The van der Waals surface area contributed by atoms with E-state index >= 15 is 0 Å². The van der Waals surface area contributed by atoms with E-state index in [1.807, 2.05) is 0 Å². The van der Waals surface area contributed by atoms with Gasteiger partial charge in [0, 0.05) is 25.7 Å². The van der Waals surface area contributed by atoms with E-state index < -0.39 is 97.5 Å². The van der Waals surface area contributed by atoms with E-state index in [-0.39, 0.29) is 25.7 Å². The Morgan fingerprint density at radius 2 is 0.447 bits per heavy atom. The number of rotatable bonds is 84. The van der Waals surface area contributed by atoms with E-state index in [9.17, 15) is 43.2 Å². The lowest BCUT2D eigenvalue weighted by Crippen LogP contribution is -2.30. The number of carbonyl (C=O) groups is 4. The summed E-state index contributed by atoms with van der Waals surface area (Å²) in [5, 5.41) is 10.7. The Labute approximate surface area is 632 Å². The second kappa shape index (κ2) is 76.8. The Bertz CT molecular complexity index is 1960. The van der Waals surface area contributed by atoms with Crippen LogP contribution in [0.2, 0.25) is 0 Å². The summed E-state index contributed by atoms with van der Waals surface area (Å²) in [5.41, 5.74) is 0. The molecule has 3 N–H and O–H groups in total. The van der Waals surface area contributed by atoms with Crippen LogP contribution in [0.4, 0.5) is 0 Å². The number of aliphatic hydroxyl groups is 1. The van der Waals surface area contributed by atoms with E-state index in [4.69, 9.17) is 37.0 Å². The number of phosphoric acid groups is 2.